The van der Waals surface area contributed by atoms with Gasteiger partial charge in [-0.2, -0.15) is 0 Å². The Hall–Kier alpha value is -4.66. The van der Waals surface area contributed by atoms with Gasteiger partial charge in [-0.3, -0.25) is 9.36 Å². The summed E-state index contributed by atoms with van der Waals surface area (Å²) in [4.78, 5) is 43.6. The van der Waals surface area contributed by atoms with Gasteiger partial charge in [0.1, 0.15) is 17.1 Å². The smallest absolute Gasteiger partial charge is 0.335 e. The lowest BCUT2D eigenvalue weighted by molar-refractivity contribution is 0.0696. The van der Waals surface area contributed by atoms with Crippen molar-refractivity contribution in [2.24, 2.45) is 0 Å². The molecule has 2 aromatic heterocycles. The number of carbonyl (C=O) groups excluding carboxylic acids is 1. The first kappa shape index (κ1) is 28.4. The molecule has 4 aromatic rings. The number of unbranched alkanes of at least 4 members (excludes halogenated alkanes) is 1. The first-order chi connectivity index (χ1) is 19.0. The number of nitrogens with zero attached hydrogens (tertiary/aromatic N) is 2. The summed E-state index contributed by atoms with van der Waals surface area (Å²) in [5.41, 5.74) is 2.18. The second kappa shape index (κ2) is 11.6. The van der Waals surface area contributed by atoms with Crippen LogP contribution in [0.2, 0.25) is 0 Å². The lowest BCUT2D eigenvalue weighted by atomic mass is 9.85. The number of aryl methyl sites for hydroxylation is 1. The summed E-state index contributed by atoms with van der Waals surface area (Å²) >= 11 is 0. The molecule has 0 aliphatic rings. The fourth-order valence-corrected chi connectivity index (χ4v) is 4.70. The summed E-state index contributed by atoms with van der Waals surface area (Å²) in [5, 5.41) is 15.8. The molecule has 0 radical (unpaired) electrons. The maximum atomic E-state index is 14.0. The molecule has 40 heavy (non-hydrogen) atoms. The number of nitrogens with one attached hydrogen (secondary N) is 2. The molecule has 9 heteroatoms. The quantitative estimate of drug-likeness (QED) is 0.233. The van der Waals surface area contributed by atoms with Gasteiger partial charge in [0.2, 0.25) is 0 Å². The van der Waals surface area contributed by atoms with Crippen molar-refractivity contribution in [3.8, 4) is 16.9 Å². The van der Waals surface area contributed by atoms with Crippen molar-refractivity contribution in [2.75, 3.05) is 17.7 Å². The Morgan fingerprint density at radius 2 is 1.82 bits per heavy atom. The summed E-state index contributed by atoms with van der Waals surface area (Å²) in [6.07, 6.45) is 3.27. The Kier molecular flexibility index (Phi) is 8.23. The van der Waals surface area contributed by atoms with Crippen LogP contribution in [-0.4, -0.2) is 33.8 Å². The number of methoxy groups -OCH3 is 1. The first-order valence-corrected chi connectivity index (χ1v) is 13.2. The molecule has 0 saturated heterocycles. The molecule has 4 rings (SSSR count). The number of aromatic carboxylic acids is 1. The van der Waals surface area contributed by atoms with Crippen LogP contribution < -0.4 is 20.9 Å². The number of urea groups is 1. The zero-order chi connectivity index (χ0) is 29.0. The molecule has 0 saturated carbocycles. The van der Waals surface area contributed by atoms with Crippen LogP contribution in [0.1, 0.15) is 56.5 Å². The minimum Gasteiger partial charge on any atom is -0.497 e. The number of aromatic nitrogens is 2. The van der Waals surface area contributed by atoms with E-state index in [1.807, 2.05) is 45.9 Å². The van der Waals surface area contributed by atoms with Gasteiger partial charge in [0, 0.05) is 29.4 Å². The highest BCUT2D eigenvalue weighted by Gasteiger charge is 2.24. The molecule has 208 valence electrons. The van der Waals surface area contributed by atoms with Crippen LogP contribution in [-0.2, 0) is 12.0 Å². The largest absolute Gasteiger partial charge is 0.497 e. The van der Waals surface area contributed by atoms with E-state index in [9.17, 15) is 19.5 Å². The molecule has 0 spiro atoms. The van der Waals surface area contributed by atoms with Gasteiger partial charge >= 0.3 is 12.0 Å². The van der Waals surface area contributed by atoms with E-state index >= 15 is 0 Å². The molecule has 2 amide bonds. The van der Waals surface area contributed by atoms with Crippen LogP contribution in [0.5, 0.6) is 5.75 Å². The minimum absolute atomic E-state index is 0.0408. The fourth-order valence-electron chi connectivity index (χ4n) is 4.70. The van der Waals surface area contributed by atoms with Gasteiger partial charge < -0.3 is 20.5 Å². The zero-order valence-electron chi connectivity index (χ0n) is 23.4. The third kappa shape index (κ3) is 5.83. The Morgan fingerprint density at radius 3 is 2.50 bits per heavy atom. The molecule has 0 bridgehead atoms. The average Bonchev–Trinajstić information content (AvgIpc) is 2.92. The molecule has 0 aliphatic carbocycles. The number of hydrogen-bond acceptors (Lipinski definition) is 5. The van der Waals surface area contributed by atoms with E-state index in [1.165, 1.54) is 12.1 Å². The lowest BCUT2D eigenvalue weighted by Crippen LogP contribution is -2.30. The average molecular weight is 543 g/mol. The van der Waals surface area contributed by atoms with Crippen LogP contribution in [0, 0.1) is 0 Å². The fraction of sp³-hybridized carbons (Fsp3) is 0.290. The molecule has 2 heterocycles. The molecular formula is C31H34N4O5. The summed E-state index contributed by atoms with van der Waals surface area (Å²) < 4.78 is 7.01. The standard InChI is InChI=1S/C31H34N4O5/c1-6-7-16-35-27-22(12-9-15-32-27)25(19-10-8-11-21(17-19)40-5)26(28(35)36)34-30(39)33-24-18-20(29(37)38)13-14-23(24)31(2,3)4/h8-15,17-18H,6-7,16H2,1-5H3,(H,37,38)(H2,33,34,39). The number of ether oxygens (including phenoxy) is 1. The number of rotatable bonds is 8. The van der Waals surface area contributed by atoms with Gasteiger partial charge in [0.25, 0.3) is 5.56 Å². The highest BCUT2D eigenvalue weighted by Crippen LogP contribution is 2.35. The number of amides is 2. The van der Waals surface area contributed by atoms with Gasteiger partial charge in [0.05, 0.1) is 12.7 Å². The SMILES string of the molecule is CCCCn1c(=O)c(NC(=O)Nc2cc(C(=O)O)ccc2C(C)(C)C)c(-c2cccc(OC)c2)c2cccnc21. The number of pyridine rings is 2. The number of hydrogen-bond donors (Lipinski definition) is 3. The highest BCUT2D eigenvalue weighted by molar-refractivity contribution is 6.08. The van der Waals surface area contributed by atoms with E-state index in [4.69, 9.17) is 4.74 Å². The van der Waals surface area contributed by atoms with Crippen LogP contribution in [0.25, 0.3) is 22.2 Å². The number of fused-ring (bicyclic) bond motifs is 1. The molecule has 0 unspecified atom stereocenters. The van der Waals surface area contributed by atoms with Crippen molar-refractivity contribution in [3.05, 3.63) is 82.3 Å². The van der Waals surface area contributed by atoms with Gasteiger partial charge in [0.15, 0.2) is 0 Å². The molecular weight excluding hydrogens is 508 g/mol. The van der Waals surface area contributed by atoms with Crippen LogP contribution >= 0.6 is 0 Å². The van der Waals surface area contributed by atoms with E-state index in [1.54, 1.807) is 42.1 Å². The Morgan fingerprint density at radius 1 is 1.05 bits per heavy atom. The normalized spacial score (nSPS) is 11.3. The molecule has 0 atom stereocenters. The second-order valence-corrected chi connectivity index (χ2v) is 10.6. The lowest BCUT2D eigenvalue weighted by Gasteiger charge is -2.24. The molecule has 0 fully saturated rings. The number of carboxylic acids is 1. The number of carboxylic acid groups (broad SMARTS) is 1. The van der Waals surface area contributed by atoms with E-state index in [0.29, 0.717) is 40.1 Å². The van der Waals surface area contributed by atoms with E-state index in [2.05, 4.69) is 15.6 Å². The third-order valence-corrected chi connectivity index (χ3v) is 6.68. The molecule has 3 N–H and O–H groups in total. The molecule has 2 aromatic carbocycles. The maximum absolute atomic E-state index is 14.0. The van der Waals surface area contributed by atoms with E-state index < -0.39 is 12.0 Å². The summed E-state index contributed by atoms with van der Waals surface area (Å²) in [7, 11) is 1.56. The van der Waals surface area contributed by atoms with Gasteiger partial charge in [-0.1, -0.05) is 52.3 Å². The van der Waals surface area contributed by atoms with E-state index in [0.717, 1.165) is 18.4 Å². The predicted molar refractivity (Wildman–Crippen MR) is 158 cm³/mol. The van der Waals surface area contributed by atoms with Crippen LogP contribution in [0.4, 0.5) is 16.2 Å². The number of anilines is 2. The van der Waals surface area contributed by atoms with Crippen molar-refractivity contribution < 1.29 is 19.4 Å². The molecule has 0 aliphatic heterocycles. The summed E-state index contributed by atoms with van der Waals surface area (Å²) in [6, 6.07) is 14.9. The van der Waals surface area contributed by atoms with Crippen molar-refractivity contribution in [3.63, 3.8) is 0 Å². The summed E-state index contributed by atoms with van der Waals surface area (Å²) in [6.45, 7) is 8.38. The van der Waals surface area contributed by atoms with Crippen LogP contribution in [0.3, 0.4) is 0 Å². The van der Waals surface area contributed by atoms with Crippen molar-refractivity contribution >= 4 is 34.4 Å². The Balaban J connectivity index is 1.89. The topological polar surface area (TPSA) is 123 Å². The van der Waals surface area contributed by atoms with Crippen molar-refractivity contribution in [1.29, 1.82) is 0 Å². The monoisotopic (exact) mass is 542 g/mol. The number of carbonyl (C=O) groups is 2. The minimum atomic E-state index is -1.11. The maximum Gasteiger partial charge on any atom is 0.335 e. The van der Waals surface area contributed by atoms with Gasteiger partial charge in [-0.15, -0.1) is 0 Å². The predicted octanol–water partition coefficient (Wildman–Crippen LogP) is 6.51. The third-order valence-electron chi connectivity index (χ3n) is 6.68. The van der Waals surface area contributed by atoms with Crippen LogP contribution in [0.15, 0.2) is 65.6 Å². The molecule has 9 nitrogen and oxygen atoms in total. The number of benzene rings is 2. The van der Waals surface area contributed by atoms with Gasteiger partial charge in [-0.25, -0.2) is 14.6 Å². The first-order valence-electron chi connectivity index (χ1n) is 13.2. The van der Waals surface area contributed by atoms with Crippen molar-refractivity contribution in [2.45, 2.75) is 52.5 Å². The van der Waals surface area contributed by atoms with Gasteiger partial charge in [-0.05, 0) is 59.4 Å². The van der Waals surface area contributed by atoms with Crippen molar-refractivity contribution in [1.82, 2.24) is 9.55 Å². The van der Waals surface area contributed by atoms with E-state index in [-0.39, 0.29) is 22.2 Å². The Bertz CT molecular complexity index is 1640. The zero-order valence-corrected chi connectivity index (χ0v) is 23.4. The Labute approximate surface area is 232 Å². The second-order valence-electron chi connectivity index (χ2n) is 10.6. The highest BCUT2D eigenvalue weighted by atomic mass is 16.5. The summed E-state index contributed by atoms with van der Waals surface area (Å²) in [5.74, 6) is -0.509.